The Hall–Kier alpha value is -1.05. The first kappa shape index (κ1) is 8.14. The van der Waals surface area contributed by atoms with Crippen LogP contribution in [0.15, 0.2) is 23.3 Å². The fraction of sp³-hybridized carbons (Fsp3) is 0.615. The molecule has 2 heteroatoms. The lowest BCUT2D eigenvalue weighted by Gasteiger charge is -2.18. The molecule has 2 unspecified atom stereocenters. The molecule has 15 heavy (non-hydrogen) atoms. The van der Waals surface area contributed by atoms with Crippen LogP contribution in [0.25, 0.3) is 0 Å². The highest BCUT2D eigenvalue weighted by Gasteiger charge is 2.72. The van der Waals surface area contributed by atoms with Crippen LogP contribution in [-0.4, -0.2) is 11.6 Å². The molecule has 4 aliphatic rings. The van der Waals surface area contributed by atoms with Gasteiger partial charge in [0.15, 0.2) is 0 Å². The zero-order valence-electron chi connectivity index (χ0n) is 8.66. The van der Waals surface area contributed by atoms with Crippen LogP contribution in [-0.2, 0) is 9.53 Å². The first-order chi connectivity index (χ1) is 7.34. The van der Waals surface area contributed by atoms with Crippen LogP contribution in [0.2, 0.25) is 0 Å². The van der Waals surface area contributed by atoms with Gasteiger partial charge in [0.2, 0.25) is 0 Å². The maximum atomic E-state index is 11.8. The monoisotopic (exact) mass is 202 g/mol. The van der Waals surface area contributed by atoms with Gasteiger partial charge in [-0.2, -0.15) is 0 Å². The lowest BCUT2D eigenvalue weighted by molar-refractivity contribution is -0.142. The van der Waals surface area contributed by atoms with Gasteiger partial charge in [0.1, 0.15) is 5.60 Å². The third kappa shape index (κ3) is 0.768. The molecule has 1 fully saturated rings. The molecule has 0 aromatic rings. The molecule has 1 saturated carbocycles. The van der Waals surface area contributed by atoms with E-state index in [0.717, 1.165) is 31.3 Å². The summed E-state index contributed by atoms with van der Waals surface area (Å²) in [5.41, 5.74) is 2.27. The number of fused-ring (bicyclic) bond motifs is 4. The van der Waals surface area contributed by atoms with Crippen LogP contribution in [0.4, 0.5) is 0 Å². The van der Waals surface area contributed by atoms with E-state index in [1.807, 2.05) is 0 Å². The van der Waals surface area contributed by atoms with Crippen molar-refractivity contribution in [2.45, 2.75) is 37.7 Å². The van der Waals surface area contributed by atoms with Gasteiger partial charge in [-0.3, -0.25) is 0 Å². The molecule has 0 aromatic carbocycles. The van der Waals surface area contributed by atoms with Crippen molar-refractivity contribution in [3.63, 3.8) is 0 Å². The van der Waals surface area contributed by atoms with Gasteiger partial charge in [0.05, 0.1) is 0 Å². The Kier molecular flexibility index (Phi) is 1.29. The molecule has 1 aliphatic heterocycles. The molecule has 0 aromatic heterocycles. The van der Waals surface area contributed by atoms with Gasteiger partial charge in [-0.25, -0.2) is 4.79 Å². The summed E-state index contributed by atoms with van der Waals surface area (Å²) >= 11 is 0. The first-order valence-electron chi connectivity index (χ1n) is 5.96. The predicted octanol–water partition coefficient (Wildman–Crippen LogP) is 2.36. The summed E-state index contributed by atoms with van der Waals surface area (Å²) in [7, 11) is 0. The predicted molar refractivity (Wildman–Crippen MR) is 55.1 cm³/mol. The second-order valence-corrected chi connectivity index (χ2v) is 5.14. The highest BCUT2D eigenvalue weighted by atomic mass is 16.6. The van der Waals surface area contributed by atoms with Crippen molar-refractivity contribution < 1.29 is 9.53 Å². The normalized spacial score (nSPS) is 45.7. The second-order valence-electron chi connectivity index (χ2n) is 5.14. The zero-order valence-corrected chi connectivity index (χ0v) is 8.66. The Balaban J connectivity index is 1.82. The van der Waals surface area contributed by atoms with Crippen LogP contribution >= 0.6 is 0 Å². The van der Waals surface area contributed by atoms with Crippen LogP contribution in [0.1, 0.15) is 32.1 Å². The largest absolute Gasteiger partial charge is 0.450 e. The number of hydrogen-bond acceptors (Lipinski definition) is 2. The number of esters is 1. The molecule has 3 aliphatic carbocycles. The number of rotatable bonds is 0. The van der Waals surface area contributed by atoms with Gasteiger partial charge in [-0.15, -0.1) is 0 Å². The summed E-state index contributed by atoms with van der Waals surface area (Å²) in [6.07, 6.45) is 10.0. The summed E-state index contributed by atoms with van der Waals surface area (Å²) < 4.78 is 5.71. The highest BCUT2D eigenvalue weighted by Crippen LogP contribution is 2.67. The first-order valence-corrected chi connectivity index (χ1v) is 5.96. The van der Waals surface area contributed by atoms with Gasteiger partial charge in [0, 0.05) is 17.4 Å². The highest BCUT2D eigenvalue weighted by molar-refractivity contribution is 5.94. The van der Waals surface area contributed by atoms with Gasteiger partial charge in [-0.05, 0) is 37.7 Å². The molecule has 3 atom stereocenters. The van der Waals surface area contributed by atoms with Gasteiger partial charge in [-0.1, -0.05) is 12.2 Å². The molecule has 0 amide bonds. The van der Waals surface area contributed by atoms with Crippen molar-refractivity contribution >= 4 is 5.97 Å². The topological polar surface area (TPSA) is 26.3 Å². The molecule has 0 bridgehead atoms. The smallest absolute Gasteiger partial charge is 0.335 e. The van der Waals surface area contributed by atoms with E-state index in [0.29, 0.717) is 11.8 Å². The molecule has 1 spiro atoms. The number of carbonyl (C=O) groups excluding carboxylic acids is 1. The average molecular weight is 202 g/mol. The minimum absolute atomic E-state index is 0.00694. The van der Waals surface area contributed by atoms with Crippen molar-refractivity contribution in [3.05, 3.63) is 23.3 Å². The Morgan fingerprint density at radius 3 is 3.00 bits per heavy atom. The summed E-state index contributed by atoms with van der Waals surface area (Å²) in [4.78, 5) is 11.8. The average Bonchev–Trinajstić information content (AvgIpc) is 2.67. The van der Waals surface area contributed by atoms with Crippen LogP contribution in [0.3, 0.4) is 0 Å². The fourth-order valence-corrected chi connectivity index (χ4v) is 3.84. The summed E-state index contributed by atoms with van der Waals surface area (Å²) in [6, 6.07) is 0. The Morgan fingerprint density at radius 2 is 2.20 bits per heavy atom. The number of allylic oxidation sites excluding steroid dienone is 1. The lowest BCUT2D eigenvalue weighted by Crippen LogP contribution is -2.19. The van der Waals surface area contributed by atoms with Crippen molar-refractivity contribution in [1.82, 2.24) is 0 Å². The van der Waals surface area contributed by atoms with E-state index in [-0.39, 0.29) is 11.6 Å². The van der Waals surface area contributed by atoms with E-state index in [9.17, 15) is 4.79 Å². The van der Waals surface area contributed by atoms with E-state index in [2.05, 4.69) is 12.2 Å². The van der Waals surface area contributed by atoms with Gasteiger partial charge < -0.3 is 4.74 Å². The lowest BCUT2D eigenvalue weighted by atomic mass is 9.87. The maximum absolute atomic E-state index is 11.8. The van der Waals surface area contributed by atoms with Crippen molar-refractivity contribution in [1.29, 1.82) is 0 Å². The van der Waals surface area contributed by atoms with Crippen molar-refractivity contribution in [2.24, 2.45) is 11.8 Å². The van der Waals surface area contributed by atoms with Crippen molar-refractivity contribution in [3.8, 4) is 0 Å². The number of hydrogen-bond donors (Lipinski definition) is 0. The van der Waals surface area contributed by atoms with E-state index < -0.39 is 0 Å². The van der Waals surface area contributed by atoms with Crippen LogP contribution in [0.5, 0.6) is 0 Å². The van der Waals surface area contributed by atoms with E-state index >= 15 is 0 Å². The quantitative estimate of drug-likeness (QED) is 0.445. The molecular formula is C13H14O2. The van der Waals surface area contributed by atoms with E-state index in [1.165, 1.54) is 12.0 Å². The Bertz CT molecular complexity index is 418. The fourth-order valence-electron chi connectivity index (χ4n) is 3.84. The molecule has 78 valence electrons. The number of carbonyl (C=O) groups is 1. The van der Waals surface area contributed by atoms with E-state index in [1.54, 1.807) is 0 Å². The minimum atomic E-state index is -0.137. The summed E-state index contributed by atoms with van der Waals surface area (Å²) in [6.45, 7) is 0. The third-order valence-electron chi connectivity index (χ3n) is 4.55. The van der Waals surface area contributed by atoms with Gasteiger partial charge >= 0.3 is 5.97 Å². The van der Waals surface area contributed by atoms with Crippen LogP contribution in [0, 0.1) is 11.8 Å². The minimum Gasteiger partial charge on any atom is -0.450 e. The second kappa shape index (κ2) is 2.37. The maximum Gasteiger partial charge on any atom is 0.335 e. The van der Waals surface area contributed by atoms with Gasteiger partial charge in [0.25, 0.3) is 0 Å². The van der Waals surface area contributed by atoms with Crippen LogP contribution < -0.4 is 0 Å². The molecule has 0 N–H and O–H groups in total. The number of ether oxygens (including phenoxy) is 1. The third-order valence-corrected chi connectivity index (χ3v) is 4.55. The SMILES string of the molecule is O=C1O[C@@]2(C3=C1CCCC3)C1C=CCC12. The zero-order chi connectivity index (χ0) is 10.0. The van der Waals surface area contributed by atoms with E-state index in [4.69, 9.17) is 4.74 Å². The molecular weight excluding hydrogens is 188 g/mol. The molecule has 0 saturated heterocycles. The standard InChI is InChI=1S/C13H14O2/c14-12-8-4-1-2-5-9(8)13(15-12)10-6-3-7-11(10)13/h3,6,10-11H,1-2,4-5,7H2/t10?,11?,13-/m0/s1. The molecule has 4 rings (SSSR count). The summed E-state index contributed by atoms with van der Waals surface area (Å²) in [5.74, 6) is 1.10. The molecule has 2 nitrogen and oxygen atoms in total. The molecule has 0 radical (unpaired) electrons. The summed E-state index contributed by atoms with van der Waals surface area (Å²) in [5, 5.41) is 0. The Morgan fingerprint density at radius 1 is 1.33 bits per heavy atom. The Labute approximate surface area is 89.0 Å². The molecule has 1 heterocycles. The van der Waals surface area contributed by atoms with Crippen molar-refractivity contribution in [2.75, 3.05) is 0 Å².